The zero-order valence-electron chi connectivity index (χ0n) is 10.6. The second kappa shape index (κ2) is 6.03. The highest BCUT2D eigenvalue weighted by Gasteiger charge is 2.20. The van der Waals surface area contributed by atoms with Gasteiger partial charge >= 0.3 is 0 Å². The van der Waals surface area contributed by atoms with Crippen molar-refractivity contribution in [2.24, 2.45) is 11.7 Å². The molecule has 2 N–H and O–H groups in total. The summed E-state index contributed by atoms with van der Waals surface area (Å²) in [6, 6.07) is 8.33. The molecule has 1 aromatic rings. The Morgan fingerprint density at radius 3 is 3.06 bits per heavy atom. The average Bonchev–Trinajstić information content (AvgIpc) is 2.84. The Bertz CT molecular complexity index is 354. The van der Waals surface area contributed by atoms with Gasteiger partial charge in [-0.15, -0.1) is 0 Å². The molecule has 17 heavy (non-hydrogen) atoms. The lowest BCUT2D eigenvalue weighted by atomic mass is 10.1. The molecule has 1 aliphatic rings. The quantitative estimate of drug-likeness (QED) is 0.839. The summed E-state index contributed by atoms with van der Waals surface area (Å²) in [7, 11) is 1.71. The summed E-state index contributed by atoms with van der Waals surface area (Å²) >= 11 is 0. The molecule has 1 heterocycles. The van der Waals surface area contributed by atoms with Gasteiger partial charge in [-0.1, -0.05) is 12.1 Å². The largest absolute Gasteiger partial charge is 0.497 e. The van der Waals surface area contributed by atoms with Gasteiger partial charge in [0.15, 0.2) is 0 Å². The smallest absolute Gasteiger partial charge is 0.119 e. The first-order valence-corrected chi connectivity index (χ1v) is 6.37. The molecule has 3 nitrogen and oxygen atoms in total. The van der Waals surface area contributed by atoms with E-state index in [9.17, 15) is 0 Å². The van der Waals surface area contributed by atoms with Crippen LogP contribution in [0.2, 0.25) is 0 Å². The third-order valence-corrected chi connectivity index (χ3v) is 3.55. The van der Waals surface area contributed by atoms with Crippen LogP contribution in [0.1, 0.15) is 12.0 Å². The molecule has 94 valence electrons. The molecule has 0 aliphatic carbocycles. The lowest BCUT2D eigenvalue weighted by Crippen LogP contribution is -2.25. The molecular weight excluding hydrogens is 212 g/mol. The van der Waals surface area contributed by atoms with Crippen LogP contribution in [0.5, 0.6) is 5.75 Å². The van der Waals surface area contributed by atoms with Crippen molar-refractivity contribution < 1.29 is 4.74 Å². The summed E-state index contributed by atoms with van der Waals surface area (Å²) in [5, 5.41) is 0. The number of ether oxygens (including phenoxy) is 1. The third-order valence-electron chi connectivity index (χ3n) is 3.55. The van der Waals surface area contributed by atoms with E-state index in [0.717, 1.165) is 25.3 Å². The number of hydrogen-bond acceptors (Lipinski definition) is 3. The standard InChI is InChI=1S/C14H22N2O/c1-17-14-4-2-3-12(9-14)5-7-16-8-6-13(10-15)11-16/h2-4,9,13H,5-8,10-11,15H2,1H3. The number of benzene rings is 1. The molecule has 2 rings (SSSR count). The van der Waals surface area contributed by atoms with Gasteiger partial charge in [0.25, 0.3) is 0 Å². The molecular formula is C14H22N2O. The van der Waals surface area contributed by atoms with E-state index in [1.54, 1.807) is 7.11 Å². The van der Waals surface area contributed by atoms with Crippen LogP contribution in [0.25, 0.3) is 0 Å². The van der Waals surface area contributed by atoms with Crippen LogP contribution in [-0.2, 0) is 6.42 Å². The van der Waals surface area contributed by atoms with Crippen molar-refractivity contribution in [2.75, 3.05) is 33.3 Å². The van der Waals surface area contributed by atoms with Gasteiger partial charge in [-0.2, -0.15) is 0 Å². The van der Waals surface area contributed by atoms with Crippen molar-refractivity contribution in [3.8, 4) is 5.75 Å². The Labute approximate surface area is 104 Å². The summed E-state index contributed by atoms with van der Waals surface area (Å²) in [5.74, 6) is 1.66. The zero-order valence-corrected chi connectivity index (χ0v) is 10.6. The van der Waals surface area contributed by atoms with Crippen molar-refractivity contribution in [2.45, 2.75) is 12.8 Å². The molecule has 1 saturated heterocycles. The molecule has 0 spiro atoms. The summed E-state index contributed by atoms with van der Waals surface area (Å²) in [5.41, 5.74) is 7.05. The minimum Gasteiger partial charge on any atom is -0.497 e. The number of rotatable bonds is 5. The predicted octanol–water partition coefficient (Wildman–Crippen LogP) is 1.52. The first kappa shape index (κ1) is 12.4. The maximum atomic E-state index is 5.70. The van der Waals surface area contributed by atoms with Crippen LogP contribution in [0.4, 0.5) is 0 Å². The maximum Gasteiger partial charge on any atom is 0.119 e. The highest BCUT2D eigenvalue weighted by Crippen LogP contribution is 2.17. The molecule has 1 fully saturated rings. The number of nitrogens with two attached hydrogens (primary N) is 1. The minimum absolute atomic E-state index is 0.709. The molecule has 0 saturated carbocycles. The molecule has 1 unspecified atom stereocenters. The van der Waals surface area contributed by atoms with Crippen LogP contribution in [-0.4, -0.2) is 38.2 Å². The van der Waals surface area contributed by atoms with Crippen molar-refractivity contribution in [1.29, 1.82) is 0 Å². The highest BCUT2D eigenvalue weighted by molar-refractivity contribution is 5.28. The SMILES string of the molecule is COc1cccc(CCN2CCC(CN)C2)c1. The maximum absolute atomic E-state index is 5.70. The second-order valence-corrected chi connectivity index (χ2v) is 4.79. The Balaban J connectivity index is 1.81. The van der Waals surface area contributed by atoms with Crippen LogP contribution in [0, 0.1) is 5.92 Å². The molecule has 1 aliphatic heterocycles. The number of hydrogen-bond donors (Lipinski definition) is 1. The van der Waals surface area contributed by atoms with E-state index in [2.05, 4.69) is 23.1 Å². The molecule has 0 amide bonds. The Hall–Kier alpha value is -1.06. The van der Waals surface area contributed by atoms with E-state index in [1.807, 2.05) is 6.07 Å². The monoisotopic (exact) mass is 234 g/mol. The molecule has 0 radical (unpaired) electrons. The predicted molar refractivity (Wildman–Crippen MR) is 70.3 cm³/mol. The Morgan fingerprint density at radius 1 is 1.47 bits per heavy atom. The van der Waals surface area contributed by atoms with E-state index in [4.69, 9.17) is 10.5 Å². The lowest BCUT2D eigenvalue weighted by Gasteiger charge is -2.15. The highest BCUT2D eigenvalue weighted by atomic mass is 16.5. The van der Waals surface area contributed by atoms with Crippen LogP contribution < -0.4 is 10.5 Å². The van der Waals surface area contributed by atoms with Crippen LogP contribution >= 0.6 is 0 Å². The van der Waals surface area contributed by atoms with Crippen molar-refractivity contribution >= 4 is 0 Å². The Kier molecular flexibility index (Phi) is 4.40. The van der Waals surface area contributed by atoms with E-state index in [-0.39, 0.29) is 0 Å². The molecule has 1 aromatic carbocycles. The van der Waals surface area contributed by atoms with Gasteiger partial charge in [-0.05, 0) is 49.5 Å². The van der Waals surface area contributed by atoms with Gasteiger partial charge in [0.05, 0.1) is 7.11 Å². The van der Waals surface area contributed by atoms with Crippen LogP contribution in [0.15, 0.2) is 24.3 Å². The van der Waals surface area contributed by atoms with Crippen molar-refractivity contribution in [1.82, 2.24) is 4.90 Å². The van der Waals surface area contributed by atoms with E-state index in [0.29, 0.717) is 5.92 Å². The van der Waals surface area contributed by atoms with Gasteiger partial charge in [-0.3, -0.25) is 0 Å². The summed E-state index contributed by atoms with van der Waals surface area (Å²) in [6.45, 7) is 4.33. The minimum atomic E-state index is 0.709. The third kappa shape index (κ3) is 3.45. The fourth-order valence-electron chi connectivity index (χ4n) is 2.42. The summed E-state index contributed by atoms with van der Waals surface area (Å²) < 4.78 is 5.23. The van der Waals surface area contributed by atoms with Gasteiger partial charge < -0.3 is 15.4 Å². The van der Waals surface area contributed by atoms with Gasteiger partial charge in [-0.25, -0.2) is 0 Å². The van der Waals surface area contributed by atoms with E-state index >= 15 is 0 Å². The number of nitrogens with zero attached hydrogens (tertiary/aromatic N) is 1. The summed E-state index contributed by atoms with van der Waals surface area (Å²) in [4.78, 5) is 2.51. The molecule has 1 atom stereocenters. The molecule has 3 heteroatoms. The number of methoxy groups -OCH3 is 1. The fraction of sp³-hybridized carbons (Fsp3) is 0.571. The van der Waals surface area contributed by atoms with E-state index < -0.39 is 0 Å². The van der Waals surface area contributed by atoms with Crippen molar-refractivity contribution in [3.05, 3.63) is 29.8 Å². The topological polar surface area (TPSA) is 38.5 Å². The van der Waals surface area contributed by atoms with Gasteiger partial charge in [0, 0.05) is 13.1 Å². The first-order valence-electron chi connectivity index (χ1n) is 6.37. The first-order chi connectivity index (χ1) is 8.31. The lowest BCUT2D eigenvalue weighted by molar-refractivity contribution is 0.329. The van der Waals surface area contributed by atoms with E-state index in [1.165, 1.54) is 25.1 Å². The van der Waals surface area contributed by atoms with Crippen molar-refractivity contribution in [3.63, 3.8) is 0 Å². The molecule has 0 aromatic heterocycles. The summed E-state index contributed by atoms with van der Waals surface area (Å²) in [6.07, 6.45) is 2.35. The average molecular weight is 234 g/mol. The normalized spacial score (nSPS) is 20.7. The number of likely N-dealkylation sites (tertiary alicyclic amines) is 1. The zero-order chi connectivity index (χ0) is 12.1. The van der Waals surface area contributed by atoms with Gasteiger partial charge in [0.1, 0.15) is 5.75 Å². The fourth-order valence-corrected chi connectivity index (χ4v) is 2.42. The van der Waals surface area contributed by atoms with Crippen LogP contribution in [0.3, 0.4) is 0 Å². The van der Waals surface area contributed by atoms with Gasteiger partial charge in [0.2, 0.25) is 0 Å². The molecule has 0 bridgehead atoms. The second-order valence-electron chi connectivity index (χ2n) is 4.79. The Morgan fingerprint density at radius 2 is 2.35 bits per heavy atom.